The molecule has 166 valence electrons. The summed E-state index contributed by atoms with van der Waals surface area (Å²) in [5.74, 6) is 0. The van der Waals surface area contributed by atoms with Gasteiger partial charge in [0.05, 0.1) is 12.1 Å². The van der Waals surface area contributed by atoms with E-state index in [1.807, 2.05) is 57.2 Å². The normalized spacial score (nSPS) is 17.7. The molecule has 2 N–H and O–H groups in total. The van der Waals surface area contributed by atoms with Gasteiger partial charge in [-0.15, -0.1) is 0 Å². The van der Waals surface area contributed by atoms with Crippen molar-refractivity contribution in [2.24, 2.45) is 0 Å². The van der Waals surface area contributed by atoms with Gasteiger partial charge in [0.25, 0.3) is 0 Å². The van der Waals surface area contributed by atoms with E-state index in [4.69, 9.17) is 9.47 Å². The van der Waals surface area contributed by atoms with Gasteiger partial charge < -0.3 is 24.8 Å². The molecule has 1 aromatic rings. The van der Waals surface area contributed by atoms with Gasteiger partial charge in [0.1, 0.15) is 12.2 Å². The number of aliphatic hydroxyl groups is 1. The number of nitrogens with one attached hydrogen (secondary N) is 1. The molecule has 0 unspecified atom stereocenters. The van der Waals surface area contributed by atoms with E-state index >= 15 is 0 Å². The van der Waals surface area contributed by atoms with Crippen molar-refractivity contribution in [1.82, 2.24) is 10.2 Å². The van der Waals surface area contributed by atoms with Gasteiger partial charge in [-0.05, 0) is 52.0 Å². The molecule has 1 aromatic carbocycles. The van der Waals surface area contributed by atoms with Crippen molar-refractivity contribution in [1.29, 1.82) is 0 Å². The molecule has 1 saturated heterocycles. The minimum atomic E-state index is -0.733. The van der Waals surface area contributed by atoms with Crippen LogP contribution in [0.25, 0.3) is 0 Å². The van der Waals surface area contributed by atoms with E-state index in [-0.39, 0.29) is 18.7 Å². The van der Waals surface area contributed by atoms with Crippen LogP contribution in [0.4, 0.5) is 9.59 Å². The second-order valence-corrected chi connectivity index (χ2v) is 8.43. The molecule has 1 aliphatic rings. The summed E-state index contributed by atoms with van der Waals surface area (Å²) in [5, 5.41) is 13.2. The van der Waals surface area contributed by atoms with Crippen LogP contribution >= 0.6 is 0 Å². The number of amides is 2. The van der Waals surface area contributed by atoms with E-state index in [0.717, 1.165) is 24.8 Å². The van der Waals surface area contributed by atoms with Crippen LogP contribution in [0, 0.1) is 0 Å². The molecule has 2 rings (SSSR count). The number of hydrogen-bond acceptors (Lipinski definition) is 5. The molecule has 1 heterocycles. The highest BCUT2D eigenvalue weighted by atomic mass is 16.6. The third-order valence-electron chi connectivity index (χ3n) is 4.68. The molecule has 0 aromatic heterocycles. The highest BCUT2D eigenvalue weighted by Gasteiger charge is 2.35. The second-order valence-electron chi connectivity index (χ2n) is 8.43. The van der Waals surface area contributed by atoms with Gasteiger partial charge in [-0.2, -0.15) is 0 Å². The fraction of sp³-hybridized carbons (Fsp3) is 0.565. The molecule has 30 heavy (non-hydrogen) atoms. The van der Waals surface area contributed by atoms with Crippen LogP contribution < -0.4 is 5.32 Å². The van der Waals surface area contributed by atoms with Gasteiger partial charge >= 0.3 is 12.2 Å². The molecule has 0 radical (unpaired) electrons. The maximum absolute atomic E-state index is 12.3. The van der Waals surface area contributed by atoms with Crippen LogP contribution in [0.15, 0.2) is 42.5 Å². The summed E-state index contributed by atoms with van der Waals surface area (Å²) in [7, 11) is 0. The summed E-state index contributed by atoms with van der Waals surface area (Å²) in [6.07, 6.45) is 5.08. The first kappa shape index (κ1) is 23.7. The molecular weight excluding hydrogens is 384 g/mol. The Labute approximate surface area is 179 Å². The largest absolute Gasteiger partial charge is 0.445 e. The number of nitrogens with zero attached hydrogens (tertiary/aromatic N) is 1. The van der Waals surface area contributed by atoms with Gasteiger partial charge in [0.15, 0.2) is 0 Å². The Morgan fingerprint density at radius 1 is 1.30 bits per heavy atom. The smallest absolute Gasteiger partial charge is 0.410 e. The van der Waals surface area contributed by atoms with Crippen LogP contribution in [-0.2, 0) is 16.1 Å². The summed E-state index contributed by atoms with van der Waals surface area (Å²) in [6.45, 7) is 6.82. The number of rotatable bonds is 8. The summed E-state index contributed by atoms with van der Waals surface area (Å²) >= 11 is 0. The van der Waals surface area contributed by atoms with E-state index < -0.39 is 17.8 Å². The van der Waals surface area contributed by atoms with Gasteiger partial charge in [0, 0.05) is 13.1 Å². The van der Waals surface area contributed by atoms with Crippen LogP contribution in [0.1, 0.15) is 52.0 Å². The first-order valence-electron chi connectivity index (χ1n) is 10.5. The number of hydrogen-bond donors (Lipinski definition) is 2. The molecule has 7 heteroatoms. The number of ether oxygens (including phenoxy) is 2. The Hall–Kier alpha value is -2.54. The third kappa shape index (κ3) is 8.45. The minimum absolute atomic E-state index is 0.244. The zero-order valence-electron chi connectivity index (χ0n) is 18.2. The predicted octanol–water partition coefficient (Wildman–Crippen LogP) is 4.01. The number of benzene rings is 1. The lowest BCUT2D eigenvalue weighted by Gasteiger charge is -2.30. The zero-order valence-corrected chi connectivity index (χ0v) is 18.2. The highest BCUT2D eigenvalue weighted by Crippen LogP contribution is 2.23. The van der Waals surface area contributed by atoms with Crippen molar-refractivity contribution in [3.05, 3.63) is 48.0 Å². The topological polar surface area (TPSA) is 88.1 Å². The molecule has 1 fully saturated rings. The van der Waals surface area contributed by atoms with Crippen molar-refractivity contribution in [3.63, 3.8) is 0 Å². The molecule has 2 atom stereocenters. The minimum Gasteiger partial charge on any atom is -0.445 e. The van der Waals surface area contributed by atoms with Gasteiger partial charge in [0.2, 0.25) is 0 Å². The van der Waals surface area contributed by atoms with Crippen molar-refractivity contribution in [3.8, 4) is 0 Å². The Morgan fingerprint density at radius 3 is 2.73 bits per heavy atom. The second kappa shape index (κ2) is 11.6. The Bertz CT molecular complexity index is 699. The Kier molecular flexibility index (Phi) is 9.17. The van der Waals surface area contributed by atoms with Crippen molar-refractivity contribution in [2.75, 3.05) is 13.1 Å². The first-order chi connectivity index (χ1) is 14.3. The maximum atomic E-state index is 12.3. The lowest BCUT2D eigenvalue weighted by molar-refractivity contribution is 0.0114. The predicted molar refractivity (Wildman–Crippen MR) is 115 cm³/mol. The standard InChI is InChI=1S/C23H34N2O5/c1-23(2,3)30-22(28)25-16-10-13-19(25)20(26)14-8-5-9-15-24-21(27)29-17-18-11-6-4-7-12-18/h4,6-8,11-12,14,19-20,26H,5,9-10,13,15-17H2,1-3H3,(H,24,27)/b14-8+/t19-,20+/m0/s1. The van der Waals surface area contributed by atoms with Crippen LogP contribution in [0.3, 0.4) is 0 Å². The van der Waals surface area contributed by atoms with Gasteiger partial charge in [-0.25, -0.2) is 9.59 Å². The molecule has 1 aliphatic heterocycles. The van der Waals surface area contributed by atoms with Crippen LogP contribution in [0.5, 0.6) is 0 Å². The quantitative estimate of drug-likeness (QED) is 0.492. The average molecular weight is 419 g/mol. The van der Waals surface area contributed by atoms with Crippen molar-refractivity contribution >= 4 is 12.2 Å². The third-order valence-corrected chi connectivity index (χ3v) is 4.68. The number of carbonyl (C=O) groups is 2. The zero-order chi connectivity index (χ0) is 22.0. The lowest BCUT2D eigenvalue weighted by Crippen LogP contribution is -2.44. The molecular formula is C23H34N2O5. The molecule has 0 saturated carbocycles. The number of unbranched alkanes of at least 4 members (excludes halogenated alkanes) is 1. The molecule has 2 amide bonds. The highest BCUT2D eigenvalue weighted by molar-refractivity contribution is 5.69. The Morgan fingerprint density at radius 2 is 2.03 bits per heavy atom. The summed E-state index contributed by atoms with van der Waals surface area (Å²) in [6, 6.07) is 9.25. The summed E-state index contributed by atoms with van der Waals surface area (Å²) in [5.41, 5.74) is 0.386. The molecule has 0 spiro atoms. The van der Waals surface area contributed by atoms with Gasteiger partial charge in [-0.1, -0.05) is 42.5 Å². The summed E-state index contributed by atoms with van der Waals surface area (Å²) in [4.78, 5) is 25.6. The van der Waals surface area contributed by atoms with E-state index in [1.54, 1.807) is 11.0 Å². The van der Waals surface area contributed by atoms with E-state index in [2.05, 4.69) is 5.32 Å². The fourth-order valence-corrected chi connectivity index (χ4v) is 3.24. The lowest BCUT2D eigenvalue weighted by atomic mass is 10.1. The SMILES string of the molecule is CC(C)(C)OC(=O)N1CCC[C@H]1[C@H](O)/C=C/CCCNC(=O)OCc1ccccc1. The van der Waals surface area contributed by atoms with Crippen LogP contribution in [0.2, 0.25) is 0 Å². The number of carbonyl (C=O) groups excluding carboxylic acids is 2. The monoisotopic (exact) mass is 418 g/mol. The van der Waals surface area contributed by atoms with Gasteiger partial charge in [-0.3, -0.25) is 0 Å². The van der Waals surface area contributed by atoms with E-state index in [9.17, 15) is 14.7 Å². The molecule has 0 aliphatic carbocycles. The van der Waals surface area contributed by atoms with E-state index in [0.29, 0.717) is 19.5 Å². The van der Waals surface area contributed by atoms with E-state index in [1.165, 1.54) is 0 Å². The average Bonchev–Trinajstić information content (AvgIpc) is 3.18. The van der Waals surface area contributed by atoms with Crippen molar-refractivity contribution in [2.45, 2.75) is 70.8 Å². The molecule has 0 bridgehead atoms. The number of likely N-dealkylation sites (tertiary alicyclic amines) is 1. The Balaban J connectivity index is 1.63. The maximum Gasteiger partial charge on any atom is 0.410 e. The number of alkyl carbamates (subject to hydrolysis) is 1. The molecule has 7 nitrogen and oxygen atoms in total. The fourth-order valence-electron chi connectivity index (χ4n) is 3.24. The number of allylic oxidation sites excluding steroid dienone is 1. The number of aliphatic hydroxyl groups excluding tert-OH is 1. The first-order valence-corrected chi connectivity index (χ1v) is 10.5. The van der Waals surface area contributed by atoms with Crippen molar-refractivity contribution < 1.29 is 24.2 Å². The van der Waals surface area contributed by atoms with Crippen LogP contribution in [-0.4, -0.2) is 53.0 Å². The summed E-state index contributed by atoms with van der Waals surface area (Å²) < 4.78 is 10.6.